The van der Waals surface area contributed by atoms with Crippen LogP contribution in [0.3, 0.4) is 0 Å². The van der Waals surface area contributed by atoms with E-state index in [1.807, 2.05) is 0 Å². The molecule has 0 aliphatic carbocycles. The van der Waals surface area contributed by atoms with E-state index in [0.717, 1.165) is 4.90 Å². The van der Waals surface area contributed by atoms with Gasteiger partial charge in [-0.3, -0.25) is 4.79 Å². The number of carbonyl (C=O) groups is 2. The van der Waals surface area contributed by atoms with E-state index in [2.05, 4.69) is 17.9 Å². The highest BCUT2D eigenvalue weighted by Crippen LogP contribution is 1.96. The van der Waals surface area contributed by atoms with Crippen LogP contribution in [-0.2, 0) is 9.53 Å². The van der Waals surface area contributed by atoms with Crippen molar-refractivity contribution in [2.45, 2.75) is 20.3 Å². The Bertz CT molecular complexity index is 152. The van der Waals surface area contributed by atoms with E-state index in [9.17, 15) is 9.59 Å². The lowest BCUT2D eigenvalue weighted by molar-refractivity contribution is -0.128. The van der Waals surface area contributed by atoms with Crippen LogP contribution in [0.1, 0.15) is 20.3 Å². The molecule has 0 N–H and O–H groups in total. The zero-order valence-electron chi connectivity index (χ0n) is 8.50. The number of methoxy groups -OCH3 is 1. The van der Waals surface area contributed by atoms with Crippen molar-refractivity contribution in [2.75, 3.05) is 13.7 Å². The minimum absolute atomic E-state index is 0.209. The molecule has 0 radical (unpaired) electrons. The lowest BCUT2D eigenvalue weighted by Crippen LogP contribution is -2.35. The number of rotatable bonds is 2. The average Bonchev–Trinajstić information content (AvgIpc) is 2.21. The molecule has 76 valence electrons. The van der Waals surface area contributed by atoms with E-state index in [1.165, 1.54) is 7.11 Å². The summed E-state index contributed by atoms with van der Waals surface area (Å²) >= 11 is 0. The number of carbonyl (C=O) groups excluding carboxylic acids is 2. The molecule has 0 aromatic heterocycles. The first-order chi connectivity index (χ1) is 6.17. The summed E-state index contributed by atoms with van der Waals surface area (Å²) in [7, 11) is 1.26. The Labute approximate surface area is 79.2 Å². The van der Waals surface area contributed by atoms with E-state index >= 15 is 0 Å². The Balaban J connectivity index is 0. The molecule has 0 saturated heterocycles. The second-order valence-corrected chi connectivity index (χ2v) is 1.96. The molecule has 0 heterocycles. The molecule has 0 atom stereocenters. The van der Waals surface area contributed by atoms with Gasteiger partial charge in [0.1, 0.15) is 0 Å². The molecular weight excluding hydrogens is 170 g/mol. The molecule has 0 aromatic rings. The third-order valence-corrected chi connectivity index (χ3v) is 1.31. The molecule has 13 heavy (non-hydrogen) atoms. The van der Waals surface area contributed by atoms with Crippen molar-refractivity contribution in [1.82, 2.24) is 4.90 Å². The molecule has 4 nitrogen and oxygen atoms in total. The van der Waals surface area contributed by atoms with Crippen molar-refractivity contribution in [1.29, 1.82) is 0 Å². The van der Waals surface area contributed by atoms with Gasteiger partial charge in [0.25, 0.3) is 0 Å². The van der Waals surface area contributed by atoms with Crippen LogP contribution in [0.5, 0.6) is 0 Å². The van der Waals surface area contributed by atoms with Crippen molar-refractivity contribution in [3.63, 3.8) is 0 Å². The summed E-state index contributed by atoms with van der Waals surface area (Å²) < 4.78 is 4.39. The first-order valence-corrected chi connectivity index (χ1v) is 4.05. The topological polar surface area (TPSA) is 46.6 Å². The van der Waals surface area contributed by atoms with E-state index in [4.69, 9.17) is 0 Å². The molecule has 0 rings (SSSR count). The van der Waals surface area contributed by atoms with Gasteiger partial charge in [-0.1, -0.05) is 6.92 Å². The van der Waals surface area contributed by atoms with Gasteiger partial charge in [-0.05, 0) is 6.92 Å². The second-order valence-electron chi connectivity index (χ2n) is 1.96. The van der Waals surface area contributed by atoms with Gasteiger partial charge in [0.2, 0.25) is 5.91 Å². The lowest BCUT2D eigenvalue weighted by Gasteiger charge is -2.15. The van der Waals surface area contributed by atoms with Crippen LogP contribution < -0.4 is 0 Å². The Kier molecular flexibility index (Phi) is 9.60. The van der Waals surface area contributed by atoms with Gasteiger partial charge >= 0.3 is 6.09 Å². The minimum Gasteiger partial charge on any atom is -0.452 e. The van der Waals surface area contributed by atoms with Crippen LogP contribution in [-0.4, -0.2) is 30.6 Å². The lowest BCUT2D eigenvalue weighted by atomic mass is 10.4. The number of imide groups is 1. The summed E-state index contributed by atoms with van der Waals surface area (Å²) in [6.07, 6.45) is -0.262. The number of ether oxygens (including phenoxy) is 1. The summed E-state index contributed by atoms with van der Waals surface area (Å²) in [6.45, 7) is 9.79. The highest BCUT2D eigenvalue weighted by Gasteiger charge is 2.17. The van der Waals surface area contributed by atoms with E-state index in [1.54, 1.807) is 13.8 Å². The molecule has 0 aromatic carbocycles. The van der Waals surface area contributed by atoms with Crippen LogP contribution >= 0.6 is 0 Å². The van der Waals surface area contributed by atoms with Crippen LogP contribution in [0.15, 0.2) is 13.2 Å². The number of hydrogen-bond donors (Lipinski definition) is 0. The Hall–Kier alpha value is -1.32. The molecular formula is C9H17NO3. The van der Waals surface area contributed by atoms with Gasteiger partial charge in [-0.2, -0.15) is 0 Å². The quantitative estimate of drug-likeness (QED) is 0.619. The van der Waals surface area contributed by atoms with Gasteiger partial charge in [-0.15, -0.1) is 13.2 Å². The molecule has 0 spiro atoms. The van der Waals surface area contributed by atoms with Crippen molar-refractivity contribution in [2.24, 2.45) is 0 Å². The summed E-state index contributed by atoms with van der Waals surface area (Å²) in [5.74, 6) is -0.209. The highest BCUT2D eigenvalue weighted by atomic mass is 16.5. The minimum atomic E-state index is -0.584. The number of amides is 2. The fourth-order valence-corrected chi connectivity index (χ4v) is 0.708. The second kappa shape index (κ2) is 8.77. The third-order valence-electron chi connectivity index (χ3n) is 1.31. The Morgan fingerprint density at radius 1 is 1.31 bits per heavy atom. The Morgan fingerprint density at radius 3 is 2.00 bits per heavy atom. The largest absolute Gasteiger partial charge is 0.452 e. The van der Waals surface area contributed by atoms with Crippen molar-refractivity contribution < 1.29 is 14.3 Å². The molecule has 0 saturated carbocycles. The highest BCUT2D eigenvalue weighted by molar-refractivity contribution is 5.91. The van der Waals surface area contributed by atoms with Crippen LogP contribution in [0.25, 0.3) is 0 Å². The molecule has 0 aliphatic rings. The predicted molar refractivity (Wildman–Crippen MR) is 51.3 cm³/mol. The Morgan fingerprint density at radius 2 is 1.77 bits per heavy atom. The van der Waals surface area contributed by atoms with Gasteiger partial charge in [0.15, 0.2) is 0 Å². The molecule has 0 unspecified atom stereocenters. The molecule has 4 heteroatoms. The normalized spacial score (nSPS) is 7.92. The zero-order valence-corrected chi connectivity index (χ0v) is 8.50. The zero-order chi connectivity index (χ0) is 10.9. The molecule has 0 bridgehead atoms. The smallest absolute Gasteiger partial charge is 0.416 e. The monoisotopic (exact) mass is 187 g/mol. The summed E-state index contributed by atoms with van der Waals surface area (Å²) in [5, 5.41) is 0. The van der Waals surface area contributed by atoms with Gasteiger partial charge < -0.3 is 4.74 Å². The first-order valence-electron chi connectivity index (χ1n) is 4.05. The predicted octanol–water partition coefficient (Wildman–Crippen LogP) is 1.81. The van der Waals surface area contributed by atoms with Gasteiger partial charge in [-0.25, -0.2) is 9.69 Å². The summed E-state index contributed by atoms with van der Waals surface area (Å²) in [4.78, 5) is 22.9. The molecule has 2 amide bonds. The molecule has 0 aliphatic heterocycles. The van der Waals surface area contributed by atoms with Crippen molar-refractivity contribution in [3.05, 3.63) is 13.2 Å². The summed E-state index contributed by atoms with van der Waals surface area (Å²) in [5.41, 5.74) is 0. The fourth-order valence-electron chi connectivity index (χ4n) is 0.708. The maximum absolute atomic E-state index is 11.0. The van der Waals surface area contributed by atoms with Crippen LogP contribution in [0.4, 0.5) is 4.79 Å². The SMILES string of the molecule is C=C.CCC(=O)N(CC)C(=O)OC. The van der Waals surface area contributed by atoms with Crippen LogP contribution in [0.2, 0.25) is 0 Å². The maximum Gasteiger partial charge on any atom is 0.416 e. The number of hydrogen-bond acceptors (Lipinski definition) is 3. The fraction of sp³-hybridized carbons (Fsp3) is 0.556. The van der Waals surface area contributed by atoms with Crippen molar-refractivity contribution in [3.8, 4) is 0 Å². The van der Waals surface area contributed by atoms with E-state index in [0.29, 0.717) is 13.0 Å². The average molecular weight is 187 g/mol. The van der Waals surface area contributed by atoms with Gasteiger partial charge in [0, 0.05) is 13.0 Å². The first kappa shape index (κ1) is 14.2. The van der Waals surface area contributed by atoms with E-state index < -0.39 is 6.09 Å². The summed E-state index contributed by atoms with van der Waals surface area (Å²) in [6, 6.07) is 0. The van der Waals surface area contributed by atoms with Crippen molar-refractivity contribution >= 4 is 12.0 Å². The maximum atomic E-state index is 11.0. The van der Waals surface area contributed by atoms with Gasteiger partial charge in [0.05, 0.1) is 7.11 Å². The standard InChI is InChI=1S/C7H13NO3.C2H4/c1-4-6(9)8(5-2)7(10)11-3;1-2/h4-5H2,1-3H3;1-2H2. The molecule has 0 fully saturated rings. The van der Waals surface area contributed by atoms with Crippen LogP contribution in [0, 0.1) is 0 Å². The number of nitrogens with zero attached hydrogens (tertiary/aromatic N) is 1. The van der Waals surface area contributed by atoms with E-state index in [-0.39, 0.29) is 5.91 Å². The third kappa shape index (κ3) is 5.00.